The average Bonchev–Trinajstić information content (AvgIpc) is 3.09. The van der Waals surface area contributed by atoms with Crippen LogP contribution in [-0.4, -0.2) is 88.2 Å². The van der Waals surface area contributed by atoms with E-state index >= 15 is 4.79 Å². The molecule has 3 fully saturated rings. The first-order valence-corrected chi connectivity index (χ1v) is 17.3. The van der Waals surface area contributed by atoms with Gasteiger partial charge in [0, 0.05) is 38.2 Å². The number of esters is 4. The van der Waals surface area contributed by atoms with E-state index in [-0.39, 0.29) is 30.6 Å². The van der Waals surface area contributed by atoms with Crippen molar-refractivity contribution in [3.05, 3.63) is 89.0 Å². The summed E-state index contributed by atoms with van der Waals surface area (Å²) in [6.45, 7) is 8.38. The van der Waals surface area contributed by atoms with Crippen molar-refractivity contribution in [2.45, 2.75) is 96.1 Å². The van der Waals surface area contributed by atoms with Gasteiger partial charge in [-0.2, -0.15) is 0 Å². The van der Waals surface area contributed by atoms with E-state index in [1.807, 2.05) is 6.07 Å². The van der Waals surface area contributed by atoms with Crippen molar-refractivity contribution in [2.24, 2.45) is 16.7 Å². The van der Waals surface area contributed by atoms with E-state index in [1.165, 1.54) is 32.1 Å². The summed E-state index contributed by atoms with van der Waals surface area (Å²) >= 11 is 0. The fraction of sp³-hybridized carbons (Fsp3) is 0.475. The number of hydrogen-bond acceptors (Lipinski definition) is 12. The van der Waals surface area contributed by atoms with Crippen molar-refractivity contribution in [3.63, 3.8) is 0 Å². The van der Waals surface area contributed by atoms with Gasteiger partial charge in [-0.25, -0.2) is 9.59 Å². The fourth-order valence-corrected chi connectivity index (χ4v) is 8.96. The van der Waals surface area contributed by atoms with Crippen LogP contribution < -0.4 is 0 Å². The first-order chi connectivity index (χ1) is 24.5. The van der Waals surface area contributed by atoms with Crippen LogP contribution in [0.4, 0.5) is 0 Å². The fourth-order valence-electron chi connectivity index (χ4n) is 8.96. The van der Waals surface area contributed by atoms with Gasteiger partial charge in [0.1, 0.15) is 23.9 Å². The third-order valence-corrected chi connectivity index (χ3v) is 11.6. The van der Waals surface area contributed by atoms with Gasteiger partial charge >= 0.3 is 23.9 Å². The molecule has 12 heteroatoms. The smallest absolute Gasteiger partial charge is 0.338 e. The van der Waals surface area contributed by atoms with Crippen molar-refractivity contribution in [3.8, 4) is 0 Å². The molecule has 4 aliphatic rings. The van der Waals surface area contributed by atoms with Crippen LogP contribution in [-0.2, 0) is 42.9 Å². The molecule has 0 aromatic heterocycles. The second-order valence-corrected chi connectivity index (χ2v) is 14.9. The topological polar surface area (TPSA) is 172 Å². The van der Waals surface area contributed by atoms with Gasteiger partial charge in [-0.15, -0.1) is 0 Å². The van der Waals surface area contributed by atoms with Crippen LogP contribution in [0.1, 0.15) is 70.3 Å². The van der Waals surface area contributed by atoms with Crippen LogP contribution in [0.3, 0.4) is 0 Å². The molecule has 12 nitrogen and oxygen atoms in total. The Hall–Kier alpha value is -4.65. The highest BCUT2D eigenvalue weighted by Crippen LogP contribution is 2.64. The van der Waals surface area contributed by atoms with E-state index in [9.17, 15) is 29.4 Å². The number of rotatable bonds is 7. The normalized spacial score (nSPS) is 34.8. The monoisotopic (exact) mass is 716 g/mol. The summed E-state index contributed by atoms with van der Waals surface area (Å²) in [6, 6.07) is 17.0. The minimum Gasteiger partial charge on any atom is -0.458 e. The van der Waals surface area contributed by atoms with E-state index in [0.29, 0.717) is 11.1 Å². The second kappa shape index (κ2) is 13.4. The lowest BCUT2D eigenvalue weighted by atomic mass is 9.44. The zero-order valence-electron chi connectivity index (χ0n) is 30.0. The van der Waals surface area contributed by atoms with Crippen molar-refractivity contribution >= 4 is 35.7 Å². The van der Waals surface area contributed by atoms with E-state index in [0.717, 1.165) is 6.92 Å². The van der Waals surface area contributed by atoms with E-state index in [4.69, 9.17) is 23.7 Å². The van der Waals surface area contributed by atoms with E-state index < -0.39 is 88.1 Å². The molecule has 2 aromatic carbocycles. The highest BCUT2D eigenvalue weighted by Gasteiger charge is 2.79. The average molecular weight is 717 g/mol. The lowest BCUT2D eigenvalue weighted by Crippen LogP contribution is -2.82. The number of carbonyl (C=O) groups excluding carboxylic acids is 5. The molecule has 0 spiro atoms. The summed E-state index contributed by atoms with van der Waals surface area (Å²) in [5.41, 5.74) is -6.09. The molecule has 0 unspecified atom stereocenters. The van der Waals surface area contributed by atoms with Crippen LogP contribution >= 0.6 is 0 Å². The van der Waals surface area contributed by atoms with E-state index in [2.05, 4.69) is 0 Å². The van der Waals surface area contributed by atoms with Crippen molar-refractivity contribution < 1.29 is 57.9 Å². The number of benzene rings is 2. The van der Waals surface area contributed by atoms with Crippen molar-refractivity contribution in [1.29, 1.82) is 0 Å². The highest BCUT2D eigenvalue weighted by atomic mass is 16.6. The van der Waals surface area contributed by atoms with Crippen LogP contribution in [0.15, 0.2) is 77.9 Å². The summed E-state index contributed by atoms with van der Waals surface area (Å²) in [5.74, 6) is -5.43. The summed E-state index contributed by atoms with van der Waals surface area (Å²) in [6.07, 6.45) is -4.79. The Morgan fingerprint density at radius 2 is 1.54 bits per heavy atom. The van der Waals surface area contributed by atoms with E-state index in [1.54, 1.807) is 69.3 Å². The molecule has 9 atom stereocenters. The van der Waals surface area contributed by atoms with Crippen LogP contribution in [0.5, 0.6) is 0 Å². The molecule has 0 radical (unpaired) electrons. The number of fused-ring (bicyclic) bond motifs is 5. The summed E-state index contributed by atoms with van der Waals surface area (Å²) in [5, 5.41) is 24.7. The van der Waals surface area contributed by atoms with Crippen LogP contribution in [0, 0.1) is 16.7 Å². The number of Topliss-reactive ketones (excluding diaryl/α,β-unsaturated/α-hetero) is 1. The molecule has 1 saturated heterocycles. The summed E-state index contributed by atoms with van der Waals surface area (Å²) < 4.78 is 30.3. The zero-order valence-corrected chi connectivity index (χ0v) is 30.0. The maximum atomic E-state index is 15.5. The lowest BCUT2D eigenvalue weighted by molar-refractivity contribution is -0.346. The molecule has 2 saturated carbocycles. The summed E-state index contributed by atoms with van der Waals surface area (Å²) in [4.78, 5) is 68.8. The maximum absolute atomic E-state index is 15.5. The molecule has 0 amide bonds. The van der Waals surface area contributed by atoms with Gasteiger partial charge in [0.2, 0.25) is 0 Å². The minimum absolute atomic E-state index is 0.122. The Labute approximate surface area is 301 Å². The first kappa shape index (κ1) is 37.1. The number of ketones is 1. The predicted molar refractivity (Wildman–Crippen MR) is 184 cm³/mol. The molecule has 1 aliphatic heterocycles. The number of aliphatic hydroxyl groups excluding tert-OH is 1. The molecule has 6 rings (SSSR count). The molecular formula is C40H44O12. The van der Waals surface area contributed by atoms with Gasteiger partial charge in [0.15, 0.2) is 17.5 Å². The standard InChI is InChI=1S/C40H44O12/c1-22-27(43)20-40(47)35(51-36(46)26-15-11-8-12-16-26)33-38(6,34(45)32(49-23(2)41)31(22)37(40,4)5)28(19-29-39(33,21-48-29)52-24(3)42)50-30(44)18-17-25-13-9-7-10-14-25/h7-18,27-29,32-33,35,43,47H,19-21H2,1-6H3/b18-17+/t27-,28-,29+,32+,33-,35-,38+,39-,40+/m0/s1. The highest BCUT2D eigenvalue weighted by molar-refractivity contribution is 5.96. The molecular weight excluding hydrogens is 672 g/mol. The Bertz CT molecular complexity index is 1830. The third-order valence-electron chi connectivity index (χ3n) is 11.6. The molecule has 2 N–H and O–H groups in total. The second-order valence-electron chi connectivity index (χ2n) is 14.9. The molecule has 2 aromatic rings. The Kier molecular flexibility index (Phi) is 9.56. The van der Waals surface area contributed by atoms with Crippen LogP contribution in [0.2, 0.25) is 0 Å². The number of ether oxygens (including phenoxy) is 5. The largest absolute Gasteiger partial charge is 0.458 e. The van der Waals surface area contributed by atoms with Crippen LogP contribution in [0.25, 0.3) is 6.08 Å². The zero-order chi connectivity index (χ0) is 37.8. The first-order valence-electron chi connectivity index (χ1n) is 17.3. The Morgan fingerprint density at radius 3 is 2.12 bits per heavy atom. The quantitative estimate of drug-likeness (QED) is 0.184. The van der Waals surface area contributed by atoms with Gasteiger partial charge in [-0.3, -0.25) is 14.4 Å². The maximum Gasteiger partial charge on any atom is 0.338 e. The SMILES string of the molecule is CC(=O)O[C@H]1C(=O)[C@]2(C)[C@@H](OC(=O)/C=C/c3ccccc3)C[C@H]3OC[C@@]3(OC(C)=O)[C@H]2[C@H](OC(=O)c2ccccc2)[C@]2(O)C[C@H](O)C(C)=C1C2(C)C. The lowest BCUT2D eigenvalue weighted by Gasteiger charge is -2.67. The molecule has 276 valence electrons. The number of hydrogen-bond donors (Lipinski definition) is 2. The van der Waals surface area contributed by atoms with Gasteiger partial charge in [0.25, 0.3) is 0 Å². The van der Waals surface area contributed by atoms with Gasteiger partial charge in [-0.05, 0) is 48.8 Å². The third kappa shape index (κ3) is 5.86. The summed E-state index contributed by atoms with van der Waals surface area (Å²) in [7, 11) is 0. The van der Waals surface area contributed by atoms with Gasteiger partial charge in [0.05, 0.1) is 29.6 Å². The number of carbonyl (C=O) groups is 5. The van der Waals surface area contributed by atoms with Crippen molar-refractivity contribution in [2.75, 3.05) is 6.61 Å². The Morgan fingerprint density at radius 1 is 0.904 bits per heavy atom. The molecule has 2 bridgehead atoms. The van der Waals surface area contributed by atoms with Crippen molar-refractivity contribution in [1.82, 2.24) is 0 Å². The minimum atomic E-state index is -2.19. The molecule has 52 heavy (non-hydrogen) atoms. The predicted octanol–water partition coefficient (Wildman–Crippen LogP) is 3.92. The number of aliphatic hydroxyl groups is 2. The molecule has 1 heterocycles. The molecule has 3 aliphatic carbocycles. The van der Waals surface area contributed by atoms with Gasteiger partial charge < -0.3 is 33.9 Å². The Balaban J connectivity index is 1.61. The van der Waals surface area contributed by atoms with Gasteiger partial charge in [-0.1, -0.05) is 62.4 Å².